The third kappa shape index (κ3) is 4.90. The molecule has 2 N–H and O–H groups in total. The lowest BCUT2D eigenvalue weighted by atomic mass is 10.2. The van der Waals surface area contributed by atoms with E-state index in [0.29, 0.717) is 30.3 Å². The van der Waals surface area contributed by atoms with Gasteiger partial charge in [-0.1, -0.05) is 6.92 Å². The van der Waals surface area contributed by atoms with E-state index in [1.165, 1.54) is 15.6 Å². The topological polar surface area (TPSA) is 78.5 Å². The zero-order valence-electron chi connectivity index (χ0n) is 13.4. The second kappa shape index (κ2) is 8.98. The lowest BCUT2D eigenvalue weighted by Crippen LogP contribution is -2.47. The summed E-state index contributed by atoms with van der Waals surface area (Å²) in [6.45, 7) is 6.32. The fourth-order valence-corrected chi connectivity index (χ4v) is 5.59. The van der Waals surface area contributed by atoms with Gasteiger partial charge in [0.1, 0.15) is 10.3 Å². The van der Waals surface area contributed by atoms with Crippen molar-refractivity contribution in [2.24, 2.45) is 0 Å². The van der Waals surface area contributed by atoms with Gasteiger partial charge in [0, 0.05) is 24.5 Å². The van der Waals surface area contributed by atoms with Crippen LogP contribution in [-0.4, -0.2) is 50.9 Å². The number of carbonyl (C=O) groups is 1. The largest absolute Gasteiger partial charge is 0.353 e. The highest BCUT2D eigenvalue weighted by Crippen LogP contribution is 2.30. The number of hydrogen-bond donors (Lipinski definition) is 2. The number of thiophene rings is 1. The minimum Gasteiger partial charge on any atom is -0.353 e. The summed E-state index contributed by atoms with van der Waals surface area (Å²) < 4.78 is 27.0. The van der Waals surface area contributed by atoms with Crippen molar-refractivity contribution in [3.05, 3.63) is 17.0 Å². The van der Waals surface area contributed by atoms with Crippen LogP contribution < -0.4 is 10.6 Å². The van der Waals surface area contributed by atoms with Gasteiger partial charge in [0.2, 0.25) is 5.91 Å². The van der Waals surface area contributed by atoms with Crippen LogP contribution in [0.25, 0.3) is 0 Å². The van der Waals surface area contributed by atoms with E-state index in [1.54, 1.807) is 12.1 Å². The maximum atomic E-state index is 12.7. The average Bonchev–Trinajstić information content (AvgIpc) is 3.12. The Bertz CT molecular complexity index is 619. The van der Waals surface area contributed by atoms with Crippen molar-refractivity contribution in [2.75, 3.05) is 26.2 Å². The van der Waals surface area contributed by atoms with Gasteiger partial charge in [0.05, 0.1) is 0 Å². The predicted molar refractivity (Wildman–Crippen MR) is 94.8 cm³/mol. The first-order valence-electron chi connectivity index (χ1n) is 7.53. The van der Waals surface area contributed by atoms with E-state index in [-0.39, 0.29) is 18.3 Å². The molecule has 1 aliphatic heterocycles. The number of nitrogens with zero attached hydrogens (tertiary/aromatic N) is 1. The highest BCUT2D eigenvalue weighted by molar-refractivity contribution is 7.91. The monoisotopic (exact) mass is 381 g/mol. The van der Waals surface area contributed by atoms with Crippen LogP contribution in [0, 0.1) is 6.92 Å². The molecule has 0 aliphatic carbocycles. The summed E-state index contributed by atoms with van der Waals surface area (Å²) in [6, 6.07) is 2.82. The number of sulfonamides is 1. The molecule has 1 fully saturated rings. The van der Waals surface area contributed by atoms with Gasteiger partial charge in [-0.25, -0.2) is 8.42 Å². The smallest absolute Gasteiger partial charge is 0.253 e. The number of hydrogen-bond acceptors (Lipinski definition) is 5. The van der Waals surface area contributed by atoms with Crippen LogP contribution in [0.3, 0.4) is 0 Å². The molecule has 2 heterocycles. The summed E-state index contributed by atoms with van der Waals surface area (Å²) in [7, 11) is -3.57. The van der Waals surface area contributed by atoms with Gasteiger partial charge in [0.25, 0.3) is 10.0 Å². The molecule has 6 nitrogen and oxygen atoms in total. The summed E-state index contributed by atoms with van der Waals surface area (Å²) in [6.07, 6.45) is 1.30. The van der Waals surface area contributed by atoms with Gasteiger partial charge in [-0.15, -0.1) is 23.7 Å². The summed E-state index contributed by atoms with van der Waals surface area (Å²) in [5, 5.41) is 5.93. The van der Waals surface area contributed by atoms with E-state index in [1.807, 2.05) is 13.8 Å². The molecule has 132 valence electrons. The number of rotatable bonds is 7. The molecule has 1 saturated heterocycles. The summed E-state index contributed by atoms with van der Waals surface area (Å²) >= 11 is 1.25. The molecule has 1 aliphatic rings. The predicted octanol–water partition coefficient (Wildman–Crippen LogP) is 1.36. The Morgan fingerprint density at radius 2 is 2.13 bits per heavy atom. The molecule has 1 atom stereocenters. The van der Waals surface area contributed by atoms with Crippen molar-refractivity contribution >= 4 is 39.7 Å². The van der Waals surface area contributed by atoms with Crippen LogP contribution in [0.5, 0.6) is 0 Å². The van der Waals surface area contributed by atoms with Crippen molar-refractivity contribution in [3.63, 3.8) is 0 Å². The summed E-state index contributed by atoms with van der Waals surface area (Å²) in [4.78, 5) is 13.2. The van der Waals surface area contributed by atoms with Gasteiger partial charge >= 0.3 is 0 Å². The van der Waals surface area contributed by atoms with Crippen molar-refractivity contribution in [1.29, 1.82) is 0 Å². The van der Waals surface area contributed by atoms with Gasteiger partial charge in [0.15, 0.2) is 0 Å². The Balaban J connectivity index is 0.00000264. The number of amides is 1. The van der Waals surface area contributed by atoms with Crippen molar-refractivity contribution in [1.82, 2.24) is 14.9 Å². The van der Waals surface area contributed by atoms with Crippen molar-refractivity contribution in [3.8, 4) is 0 Å². The number of halogens is 1. The molecule has 23 heavy (non-hydrogen) atoms. The number of aryl methyl sites for hydroxylation is 1. The van der Waals surface area contributed by atoms with E-state index in [9.17, 15) is 13.2 Å². The SMILES string of the molecule is CCNCCNC(=O)C1CCCN1S(=O)(=O)c1ccc(C)s1.Cl. The van der Waals surface area contributed by atoms with E-state index in [4.69, 9.17) is 0 Å². The zero-order valence-corrected chi connectivity index (χ0v) is 15.8. The summed E-state index contributed by atoms with van der Waals surface area (Å²) in [5.41, 5.74) is 0. The van der Waals surface area contributed by atoms with Gasteiger partial charge in [-0.2, -0.15) is 4.31 Å². The second-order valence-corrected chi connectivity index (χ2v) is 8.69. The molecule has 1 unspecified atom stereocenters. The molecular formula is C14H24ClN3O3S2. The molecule has 0 saturated carbocycles. The summed E-state index contributed by atoms with van der Waals surface area (Å²) in [5.74, 6) is -0.202. The molecule has 9 heteroatoms. The van der Waals surface area contributed by atoms with Crippen LogP contribution in [0.1, 0.15) is 24.6 Å². The third-order valence-corrected chi connectivity index (χ3v) is 7.01. The van der Waals surface area contributed by atoms with E-state index >= 15 is 0 Å². The third-order valence-electron chi connectivity index (χ3n) is 3.64. The number of likely N-dealkylation sites (N-methyl/N-ethyl adjacent to an activating group) is 1. The Kier molecular flexibility index (Phi) is 7.96. The quantitative estimate of drug-likeness (QED) is 0.699. The van der Waals surface area contributed by atoms with Crippen LogP contribution >= 0.6 is 23.7 Å². The van der Waals surface area contributed by atoms with Crippen molar-refractivity contribution < 1.29 is 13.2 Å². The van der Waals surface area contributed by atoms with Gasteiger partial charge in [-0.05, 0) is 38.4 Å². The molecule has 1 aromatic heterocycles. The molecule has 0 bridgehead atoms. The fraction of sp³-hybridized carbons (Fsp3) is 0.643. The lowest BCUT2D eigenvalue weighted by Gasteiger charge is -2.22. The molecule has 1 amide bonds. The number of nitrogens with one attached hydrogen (secondary N) is 2. The molecule has 0 radical (unpaired) electrons. The highest BCUT2D eigenvalue weighted by atomic mass is 35.5. The van der Waals surface area contributed by atoms with E-state index in [0.717, 1.165) is 17.8 Å². The Morgan fingerprint density at radius 3 is 2.74 bits per heavy atom. The van der Waals surface area contributed by atoms with Crippen LogP contribution in [-0.2, 0) is 14.8 Å². The lowest BCUT2D eigenvalue weighted by molar-refractivity contribution is -0.124. The first-order valence-corrected chi connectivity index (χ1v) is 9.79. The maximum absolute atomic E-state index is 12.7. The molecule has 0 aromatic carbocycles. The van der Waals surface area contributed by atoms with Crippen molar-refractivity contribution in [2.45, 2.75) is 36.9 Å². The standard InChI is InChI=1S/C14H23N3O3S2.ClH/c1-3-15-8-9-16-14(18)12-5-4-10-17(12)22(19,20)13-7-6-11(2)21-13;/h6-7,12,15H,3-5,8-10H2,1-2H3,(H,16,18);1H. The first kappa shape index (κ1) is 20.4. The van der Waals surface area contributed by atoms with Crippen LogP contribution in [0.4, 0.5) is 0 Å². The minimum atomic E-state index is -3.57. The molecule has 0 spiro atoms. The van der Waals surface area contributed by atoms with Gasteiger partial charge < -0.3 is 10.6 Å². The number of carbonyl (C=O) groups excluding carboxylic acids is 1. The average molecular weight is 382 g/mol. The van der Waals surface area contributed by atoms with Gasteiger partial charge in [-0.3, -0.25) is 4.79 Å². The highest BCUT2D eigenvalue weighted by Gasteiger charge is 2.39. The molecule has 1 aromatic rings. The van der Waals surface area contributed by atoms with Crippen LogP contribution in [0.2, 0.25) is 0 Å². The van der Waals surface area contributed by atoms with E-state index in [2.05, 4.69) is 10.6 Å². The Morgan fingerprint density at radius 1 is 1.39 bits per heavy atom. The minimum absolute atomic E-state index is 0. The molecule has 2 rings (SSSR count). The zero-order chi connectivity index (χ0) is 16.2. The first-order chi connectivity index (χ1) is 10.5. The second-order valence-electron chi connectivity index (χ2n) is 5.28. The Labute approximate surface area is 148 Å². The van der Waals surface area contributed by atoms with Crippen LogP contribution in [0.15, 0.2) is 16.3 Å². The molecular weight excluding hydrogens is 358 g/mol. The Hall–Kier alpha value is -0.670. The normalized spacial score (nSPS) is 18.6. The maximum Gasteiger partial charge on any atom is 0.253 e. The van der Waals surface area contributed by atoms with E-state index < -0.39 is 16.1 Å². The fourth-order valence-electron chi connectivity index (χ4n) is 2.52.